The van der Waals surface area contributed by atoms with Crippen molar-refractivity contribution in [3.05, 3.63) is 44.9 Å². The number of nitrogens with zero attached hydrogens (tertiary/aromatic N) is 1. The molecule has 0 aliphatic rings. The standard InChI is InChI=1S/C14H18N2O3S/c1-10-9-20-14(18)16(10)7-3-6-13(17)15-11(2)12-5-4-8-19-12/h4-5,8-9,11H,3,6-7H2,1-2H3,(H,15,17). The summed E-state index contributed by atoms with van der Waals surface area (Å²) in [6.45, 7) is 4.36. The third kappa shape index (κ3) is 3.60. The molecule has 1 N–H and O–H groups in total. The maximum Gasteiger partial charge on any atom is 0.307 e. The largest absolute Gasteiger partial charge is 0.467 e. The Hall–Kier alpha value is -1.82. The fraction of sp³-hybridized carbons (Fsp3) is 0.429. The van der Waals surface area contributed by atoms with E-state index in [0.29, 0.717) is 19.4 Å². The number of aromatic nitrogens is 1. The van der Waals surface area contributed by atoms with E-state index in [2.05, 4.69) is 5.32 Å². The van der Waals surface area contributed by atoms with E-state index in [1.165, 1.54) is 11.3 Å². The number of amides is 1. The number of hydrogen-bond acceptors (Lipinski definition) is 4. The van der Waals surface area contributed by atoms with Crippen LogP contribution in [0.25, 0.3) is 0 Å². The maximum absolute atomic E-state index is 11.8. The molecule has 20 heavy (non-hydrogen) atoms. The fourth-order valence-corrected chi connectivity index (χ4v) is 2.76. The van der Waals surface area contributed by atoms with Gasteiger partial charge in [-0.15, -0.1) is 0 Å². The summed E-state index contributed by atoms with van der Waals surface area (Å²) >= 11 is 1.19. The molecule has 0 aliphatic heterocycles. The number of furan rings is 1. The van der Waals surface area contributed by atoms with Gasteiger partial charge < -0.3 is 14.3 Å². The second-order valence-corrected chi connectivity index (χ2v) is 5.52. The third-order valence-electron chi connectivity index (χ3n) is 3.11. The van der Waals surface area contributed by atoms with Gasteiger partial charge in [-0.25, -0.2) is 0 Å². The molecule has 0 saturated heterocycles. The molecule has 0 bridgehead atoms. The Bertz CT molecular complexity index is 613. The quantitative estimate of drug-likeness (QED) is 0.890. The van der Waals surface area contributed by atoms with Crippen LogP contribution in [-0.4, -0.2) is 10.5 Å². The van der Waals surface area contributed by atoms with Gasteiger partial charge in [-0.3, -0.25) is 9.59 Å². The van der Waals surface area contributed by atoms with Gasteiger partial charge in [0.05, 0.1) is 12.3 Å². The van der Waals surface area contributed by atoms with Crippen LogP contribution in [0, 0.1) is 6.92 Å². The highest BCUT2D eigenvalue weighted by Crippen LogP contribution is 2.12. The number of carbonyl (C=O) groups is 1. The summed E-state index contributed by atoms with van der Waals surface area (Å²) in [4.78, 5) is 23.4. The number of rotatable bonds is 6. The zero-order valence-electron chi connectivity index (χ0n) is 11.6. The van der Waals surface area contributed by atoms with Crippen LogP contribution in [0.3, 0.4) is 0 Å². The minimum Gasteiger partial charge on any atom is -0.467 e. The monoisotopic (exact) mass is 294 g/mol. The Morgan fingerprint density at radius 1 is 1.55 bits per heavy atom. The average molecular weight is 294 g/mol. The lowest BCUT2D eigenvalue weighted by Gasteiger charge is -2.11. The lowest BCUT2D eigenvalue weighted by atomic mass is 10.2. The highest BCUT2D eigenvalue weighted by Gasteiger charge is 2.11. The molecular formula is C14H18N2O3S. The second-order valence-electron chi connectivity index (χ2n) is 4.70. The number of carbonyl (C=O) groups excluding carboxylic acids is 1. The number of hydrogen-bond donors (Lipinski definition) is 1. The van der Waals surface area contributed by atoms with Crippen LogP contribution >= 0.6 is 11.3 Å². The minimum absolute atomic E-state index is 0.0326. The van der Waals surface area contributed by atoms with Crippen molar-refractivity contribution in [3.63, 3.8) is 0 Å². The Morgan fingerprint density at radius 2 is 2.35 bits per heavy atom. The zero-order chi connectivity index (χ0) is 14.5. The molecule has 0 aromatic carbocycles. The van der Waals surface area contributed by atoms with Crippen LogP contribution < -0.4 is 10.2 Å². The second kappa shape index (κ2) is 6.56. The Morgan fingerprint density at radius 3 is 2.95 bits per heavy atom. The first-order valence-corrected chi connectivity index (χ1v) is 7.43. The topological polar surface area (TPSA) is 64.2 Å². The van der Waals surface area contributed by atoms with E-state index in [-0.39, 0.29) is 16.8 Å². The summed E-state index contributed by atoms with van der Waals surface area (Å²) in [5.41, 5.74) is 0.948. The molecule has 2 heterocycles. The van der Waals surface area contributed by atoms with Crippen LogP contribution in [0.2, 0.25) is 0 Å². The molecule has 0 aliphatic carbocycles. The molecule has 0 fully saturated rings. The van der Waals surface area contributed by atoms with Crippen molar-refractivity contribution in [1.82, 2.24) is 9.88 Å². The van der Waals surface area contributed by atoms with E-state index in [0.717, 1.165) is 11.5 Å². The molecule has 2 aromatic rings. The summed E-state index contributed by atoms with van der Waals surface area (Å²) in [5.74, 6) is 0.707. The molecule has 0 saturated carbocycles. The van der Waals surface area contributed by atoms with E-state index in [4.69, 9.17) is 4.42 Å². The van der Waals surface area contributed by atoms with Crippen LogP contribution in [0.4, 0.5) is 0 Å². The summed E-state index contributed by atoms with van der Waals surface area (Å²) in [6.07, 6.45) is 2.63. The van der Waals surface area contributed by atoms with Crippen molar-refractivity contribution in [2.24, 2.45) is 0 Å². The van der Waals surface area contributed by atoms with Gasteiger partial charge in [-0.05, 0) is 32.4 Å². The first kappa shape index (κ1) is 14.6. The Balaban J connectivity index is 1.77. The fourth-order valence-electron chi connectivity index (χ4n) is 1.99. The van der Waals surface area contributed by atoms with Crippen LogP contribution in [0.15, 0.2) is 33.0 Å². The molecule has 0 radical (unpaired) electrons. The smallest absolute Gasteiger partial charge is 0.307 e. The van der Waals surface area contributed by atoms with Gasteiger partial charge in [0.15, 0.2) is 0 Å². The number of aryl methyl sites for hydroxylation is 1. The van der Waals surface area contributed by atoms with E-state index in [9.17, 15) is 9.59 Å². The van der Waals surface area contributed by atoms with Gasteiger partial charge in [0.25, 0.3) is 0 Å². The molecule has 1 unspecified atom stereocenters. The molecular weight excluding hydrogens is 276 g/mol. The maximum atomic E-state index is 11.8. The predicted octanol–water partition coefficient (Wildman–Crippen LogP) is 2.47. The van der Waals surface area contributed by atoms with E-state index >= 15 is 0 Å². The highest BCUT2D eigenvalue weighted by atomic mass is 32.1. The first-order chi connectivity index (χ1) is 9.58. The van der Waals surface area contributed by atoms with E-state index < -0.39 is 0 Å². The summed E-state index contributed by atoms with van der Waals surface area (Å²) in [5, 5.41) is 4.71. The van der Waals surface area contributed by atoms with Gasteiger partial charge in [0.1, 0.15) is 5.76 Å². The van der Waals surface area contributed by atoms with Crippen molar-refractivity contribution in [1.29, 1.82) is 0 Å². The van der Waals surface area contributed by atoms with Gasteiger partial charge in [-0.2, -0.15) is 0 Å². The van der Waals surface area contributed by atoms with E-state index in [1.807, 2.05) is 25.3 Å². The predicted molar refractivity (Wildman–Crippen MR) is 77.8 cm³/mol. The minimum atomic E-state index is -0.136. The summed E-state index contributed by atoms with van der Waals surface area (Å²) in [7, 11) is 0. The number of nitrogens with one attached hydrogen (secondary N) is 1. The zero-order valence-corrected chi connectivity index (χ0v) is 12.4. The van der Waals surface area contributed by atoms with Crippen molar-refractivity contribution in [3.8, 4) is 0 Å². The van der Waals surface area contributed by atoms with Crippen LogP contribution in [0.1, 0.15) is 37.3 Å². The lowest BCUT2D eigenvalue weighted by molar-refractivity contribution is -0.122. The summed E-state index contributed by atoms with van der Waals surface area (Å²) < 4.78 is 6.93. The molecule has 6 heteroatoms. The molecule has 5 nitrogen and oxygen atoms in total. The molecule has 108 valence electrons. The highest BCUT2D eigenvalue weighted by molar-refractivity contribution is 7.07. The SMILES string of the molecule is Cc1csc(=O)n1CCCC(=O)NC(C)c1ccco1. The van der Waals surface area contributed by atoms with E-state index in [1.54, 1.807) is 16.9 Å². The average Bonchev–Trinajstić information content (AvgIpc) is 3.03. The third-order valence-corrected chi connectivity index (χ3v) is 3.99. The molecule has 0 spiro atoms. The lowest BCUT2D eigenvalue weighted by Crippen LogP contribution is -2.26. The van der Waals surface area contributed by atoms with Crippen LogP contribution in [-0.2, 0) is 11.3 Å². The van der Waals surface area contributed by atoms with Crippen LogP contribution in [0.5, 0.6) is 0 Å². The first-order valence-electron chi connectivity index (χ1n) is 6.55. The van der Waals surface area contributed by atoms with Crippen molar-refractivity contribution < 1.29 is 9.21 Å². The normalized spacial score (nSPS) is 12.3. The Labute approximate surface area is 121 Å². The van der Waals surface area contributed by atoms with Crippen molar-refractivity contribution in [2.45, 2.75) is 39.3 Å². The van der Waals surface area contributed by atoms with Gasteiger partial charge in [-0.1, -0.05) is 11.3 Å². The van der Waals surface area contributed by atoms with Gasteiger partial charge in [0.2, 0.25) is 5.91 Å². The Kier molecular flexibility index (Phi) is 4.79. The van der Waals surface area contributed by atoms with Gasteiger partial charge in [0, 0.05) is 24.0 Å². The van der Waals surface area contributed by atoms with Crippen molar-refractivity contribution >= 4 is 17.2 Å². The molecule has 1 amide bonds. The summed E-state index contributed by atoms with van der Waals surface area (Å²) in [6, 6.07) is 3.49. The molecule has 1 atom stereocenters. The molecule has 2 aromatic heterocycles. The molecule has 2 rings (SSSR count). The van der Waals surface area contributed by atoms with Crippen molar-refractivity contribution in [2.75, 3.05) is 0 Å². The van der Waals surface area contributed by atoms with Gasteiger partial charge >= 0.3 is 4.87 Å². The number of thiazole rings is 1.